The lowest BCUT2D eigenvalue weighted by Crippen LogP contribution is -1.68. The SMILES string of the molecule is C=C.C=CCCCC=CCCC. The molecule has 0 radical (unpaired) electrons. The van der Waals surface area contributed by atoms with Crippen LogP contribution in [-0.2, 0) is 0 Å². The van der Waals surface area contributed by atoms with Crippen LogP contribution >= 0.6 is 0 Å². The molecule has 0 saturated carbocycles. The zero-order chi connectivity index (χ0) is 9.66. The molecule has 0 aliphatic carbocycles. The summed E-state index contributed by atoms with van der Waals surface area (Å²) in [6.45, 7) is 11.9. The second-order valence-corrected chi connectivity index (χ2v) is 2.48. The molecule has 0 spiro atoms. The third-order valence-corrected chi connectivity index (χ3v) is 1.40. The highest BCUT2D eigenvalue weighted by Gasteiger charge is 1.78. The monoisotopic (exact) mass is 166 g/mol. The van der Waals surface area contributed by atoms with Crippen LogP contribution in [0.25, 0.3) is 0 Å². The van der Waals surface area contributed by atoms with E-state index in [1.54, 1.807) is 0 Å². The number of hydrogen-bond acceptors (Lipinski definition) is 0. The van der Waals surface area contributed by atoms with Gasteiger partial charge in [0.1, 0.15) is 0 Å². The van der Waals surface area contributed by atoms with Gasteiger partial charge < -0.3 is 0 Å². The molecular weight excluding hydrogens is 144 g/mol. The summed E-state index contributed by atoms with van der Waals surface area (Å²) in [5, 5.41) is 0. The van der Waals surface area contributed by atoms with Gasteiger partial charge in [-0.25, -0.2) is 0 Å². The summed E-state index contributed by atoms with van der Waals surface area (Å²) in [6.07, 6.45) is 12.6. The molecule has 70 valence electrons. The summed E-state index contributed by atoms with van der Waals surface area (Å²) in [5.74, 6) is 0. The van der Waals surface area contributed by atoms with Crippen molar-refractivity contribution in [1.82, 2.24) is 0 Å². The Morgan fingerprint density at radius 1 is 1.00 bits per heavy atom. The van der Waals surface area contributed by atoms with Gasteiger partial charge in [0.25, 0.3) is 0 Å². The molecule has 0 N–H and O–H groups in total. The number of hydrogen-bond donors (Lipinski definition) is 0. The number of rotatable bonds is 6. The van der Waals surface area contributed by atoms with Crippen molar-refractivity contribution in [3.8, 4) is 0 Å². The van der Waals surface area contributed by atoms with Crippen LogP contribution in [0.2, 0.25) is 0 Å². The Hall–Kier alpha value is -0.780. The summed E-state index contributed by atoms with van der Waals surface area (Å²) in [7, 11) is 0. The van der Waals surface area contributed by atoms with E-state index in [1.165, 1.54) is 25.7 Å². The molecule has 0 heterocycles. The van der Waals surface area contributed by atoms with Gasteiger partial charge in [0.2, 0.25) is 0 Å². The predicted molar refractivity (Wildman–Crippen MR) is 59.4 cm³/mol. The van der Waals surface area contributed by atoms with Crippen LogP contribution < -0.4 is 0 Å². The topological polar surface area (TPSA) is 0 Å². The lowest BCUT2D eigenvalue weighted by molar-refractivity contribution is 0.860. The zero-order valence-corrected chi connectivity index (χ0v) is 8.39. The van der Waals surface area contributed by atoms with Crippen molar-refractivity contribution in [3.05, 3.63) is 38.0 Å². The van der Waals surface area contributed by atoms with Crippen LogP contribution in [0.5, 0.6) is 0 Å². The lowest BCUT2D eigenvalue weighted by atomic mass is 10.2. The summed E-state index contributed by atoms with van der Waals surface area (Å²) in [4.78, 5) is 0. The summed E-state index contributed by atoms with van der Waals surface area (Å²) in [5.41, 5.74) is 0. The third-order valence-electron chi connectivity index (χ3n) is 1.40. The van der Waals surface area contributed by atoms with Crippen molar-refractivity contribution < 1.29 is 0 Å². The van der Waals surface area contributed by atoms with E-state index in [1.807, 2.05) is 6.08 Å². The molecule has 0 nitrogen and oxygen atoms in total. The van der Waals surface area contributed by atoms with E-state index in [9.17, 15) is 0 Å². The van der Waals surface area contributed by atoms with Crippen LogP contribution in [0.3, 0.4) is 0 Å². The predicted octanol–water partition coefficient (Wildman–Crippen LogP) is 4.50. The molecular formula is C12H22. The van der Waals surface area contributed by atoms with Gasteiger partial charge >= 0.3 is 0 Å². The van der Waals surface area contributed by atoms with Crippen LogP contribution in [0.4, 0.5) is 0 Å². The Bertz CT molecular complexity index is 101. The van der Waals surface area contributed by atoms with Gasteiger partial charge in [-0.15, -0.1) is 19.7 Å². The van der Waals surface area contributed by atoms with Crippen LogP contribution in [0, 0.1) is 0 Å². The smallest absolute Gasteiger partial charge is 0.0348 e. The summed E-state index contributed by atoms with van der Waals surface area (Å²) < 4.78 is 0. The van der Waals surface area contributed by atoms with Crippen molar-refractivity contribution >= 4 is 0 Å². The Morgan fingerprint density at radius 2 is 1.58 bits per heavy atom. The van der Waals surface area contributed by atoms with Gasteiger partial charge in [-0.2, -0.15) is 0 Å². The van der Waals surface area contributed by atoms with Gasteiger partial charge in [-0.3, -0.25) is 0 Å². The fourth-order valence-corrected chi connectivity index (χ4v) is 0.782. The highest BCUT2D eigenvalue weighted by Crippen LogP contribution is 1.98. The van der Waals surface area contributed by atoms with Gasteiger partial charge in [-0.05, 0) is 25.7 Å². The average Bonchev–Trinajstić information content (AvgIpc) is 2.15. The van der Waals surface area contributed by atoms with Gasteiger partial charge in [0.05, 0.1) is 0 Å². The standard InChI is InChI=1S/C10H18.C2H4/c1-3-5-7-9-10-8-6-4-2;1-2/h3,8,10H,1,4-7,9H2,2H3;1-2H2. The Balaban J connectivity index is 0. The Morgan fingerprint density at radius 3 is 2.08 bits per heavy atom. The van der Waals surface area contributed by atoms with Crippen LogP contribution in [0.1, 0.15) is 39.0 Å². The highest BCUT2D eigenvalue weighted by molar-refractivity contribution is 4.81. The van der Waals surface area contributed by atoms with Crippen molar-refractivity contribution in [2.45, 2.75) is 39.0 Å². The van der Waals surface area contributed by atoms with E-state index in [-0.39, 0.29) is 0 Å². The molecule has 0 aromatic carbocycles. The molecule has 0 unspecified atom stereocenters. The molecule has 0 fully saturated rings. The lowest BCUT2D eigenvalue weighted by Gasteiger charge is -1.88. The minimum atomic E-state index is 1.15. The molecule has 0 aromatic rings. The van der Waals surface area contributed by atoms with Crippen molar-refractivity contribution in [2.75, 3.05) is 0 Å². The first kappa shape index (κ1) is 13.8. The quantitative estimate of drug-likeness (QED) is 0.402. The van der Waals surface area contributed by atoms with E-state index >= 15 is 0 Å². The molecule has 0 atom stereocenters. The highest BCUT2D eigenvalue weighted by atomic mass is 13.8. The average molecular weight is 166 g/mol. The van der Waals surface area contributed by atoms with Crippen LogP contribution in [0.15, 0.2) is 38.0 Å². The molecule has 0 aromatic heterocycles. The normalized spacial score (nSPS) is 9.08. The van der Waals surface area contributed by atoms with E-state index < -0.39 is 0 Å². The van der Waals surface area contributed by atoms with Gasteiger partial charge in [0, 0.05) is 0 Å². The Kier molecular flexibility index (Phi) is 19.1. The van der Waals surface area contributed by atoms with E-state index in [4.69, 9.17) is 0 Å². The van der Waals surface area contributed by atoms with Crippen molar-refractivity contribution in [3.63, 3.8) is 0 Å². The molecule has 0 aliphatic rings. The van der Waals surface area contributed by atoms with E-state index in [0.29, 0.717) is 0 Å². The zero-order valence-electron chi connectivity index (χ0n) is 8.39. The fraction of sp³-hybridized carbons (Fsp3) is 0.500. The first-order valence-corrected chi connectivity index (χ1v) is 4.67. The second-order valence-electron chi connectivity index (χ2n) is 2.48. The second kappa shape index (κ2) is 16.7. The van der Waals surface area contributed by atoms with Crippen molar-refractivity contribution in [2.24, 2.45) is 0 Å². The Labute approximate surface area is 77.7 Å². The molecule has 0 heteroatoms. The summed E-state index contributed by atoms with van der Waals surface area (Å²) in [6, 6.07) is 0. The molecule has 0 amide bonds. The van der Waals surface area contributed by atoms with E-state index in [0.717, 1.165) is 6.42 Å². The number of unbranched alkanes of at least 4 members (excludes halogenated alkanes) is 3. The maximum Gasteiger partial charge on any atom is -0.0348 e. The third kappa shape index (κ3) is 16.1. The van der Waals surface area contributed by atoms with Crippen LogP contribution in [-0.4, -0.2) is 0 Å². The number of allylic oxidation sites excluding steroid dienone is 3. The van der Waals surface area contributed by atoms with E-state index in [2.05, 4.69) is 38.8 Å². The molecule has 0 aliphatic heterocycles. The maximum atomic E-state index is 3.67. The maximum absolute atomic E-state index is 3.67. The molecule has 12 heavy (non-hydrogen) atoms. The minimum absolute atomic E-state index is 1.15. The molecule has 0 rings (SSSR count). The summed E-state index contributed by atoms with van der Waals surface area (Å²) >= 11 is 0. The largest absolute Gasteiger partial charge is 0.106 e. The van der Waals surface area contributed by atoms with Gasteiger partial charge in [0.15, 0.2) is 0 Å². The van der Waals surface area contributed by atoms with Crippen molar-refractivity contribution in [1.29, 1.82) is 0 Å². The van der Waals surface area contributed by atoms with Gasteiger partial charge in [-0.1, -0.05) is 31.6 Å². The minimum Gasteiger partial charge on any atom is -0.106 e. The fourth-order valence-electron chi connectivity index (χ4n) is 0.782. The first-order chi connectivity index (χ1) is 5.91. The molecule has 0 saturated heterocycles. The first-order valence-electron chi connectivity index (χ1n) is 4.67. The molecule has 0 bridgehead atoms.